The van der Waals surface area contributed by atoms with Crippen molar-refractivity contribution < 1.29 is 29.3 Å². The highest BCUT2D eigenvalue weighted by atomic mass is 16.5. The lowest BCUT2D eigenvalue weighted by molar-refractivity contribution is -0.143. The smallest absolute Gasteiger partial charge is 0.326 e. The molecule has 2 atom stereocenters. The number of nitrogens with two attached hydrogens (primary N) is 1. The zero-order chi connectivity index (χ0) is 13.4. The summed E-state index contributed by atoms with van der Waals surface area (Å²) in [7, 11) is 1.35. The molecule has 8 nitrogen and oxygen atoms in total. The average molecular weight is 248 g/mol. The van der Waals surface area contributed by atoms with Crippen LogP contribution < -0.4 is 11.1 Å². The molecule has 0 saturated heterocycles. The molecular weight excluding hydrogens is 232 g/mol. The van der Waals surface area contributed by atoms with Crippen molar-refractivity contribution in [3.8, 4) is 0 Å². The van der Waals surface area contributed by atoms with Crippen LogP contribution in [0.3, 0.4) is 0 Å². The van der Waals surface area contributed by atoms with Gasteiger partial charge in [0.1, 0.15) is 12.1 Å². The average Bonchev–Trinajstić information content (AvgIpc) is 2.23. The summed E-state index contributed by atoms with van der Waals surface area (Å²) in [5.74, 6) is -3.12. The van der Waals surface area contributed by atoms with Crippen LogP contribution in [0, 0.1) is 0 Å². The third-order valence-electron chi connectivity index (χ3n) is 1.94. The molecule has 8 heteroatoms. The van der Waals surface area contributed by atoms with Crippen LogP contribution >= 0.6 is 0 Å². The number of nitrogens with one attached hydrogen (secondary N) is 1. The monoisotopic (exact) mass is 248 g/mol. The number of ether oxygens (including phenoxy) is 1. The first kappa shape index (κ1) is 15.3. The van der Waals surface area contributed by atoms with E-state index in [0.717, 1.165) is 0 Å². The van der Waals surface area contributed by atoms with Crippen molar-refractivity contribution in [1.29, 1.82) is 0 Å². The maximum atomic E-state index is 11.4. The van der Waals surface area contributed by atoms with E-state index in [1.807, 2.05) is 0 Å². The first-order chi connectivity index (χ1) is 7.88. The summed E-state index contributed by atoms with van der Waals surface area (Å²) in [5.41, 5.74) is 5.39. The third kappa shape index (κ3) is 6.48. The van der Waals surface area contributed by atoms with Crippen molar-refractivity contribution in [2.45, 2.75) is 24.9 Å². The van der Waals surface area contributed by atoms with Crippen LogP contribution in [0.2, 0.25) is 0 Å². The Morgan fingerprint density at radius 2 is 1.94 bits per heavy atom. The molecule has 0 saturated carbocycles. The third-order valence-corrected chi connectivity index (χ3v) is 1.94. The Bertz CT molecular complexity index is 293. The number of aliphatic carboxylic acids is 2. The maximum Gasteiger partial charge on any atom is 0.326 e. The predicted molar refractivity (Wildman–Crippen MR) is 56.3 cm³/mol. The normalized spacial score (nSPS) is 13.8. The van der Waals surface area contributed by atoms with Gasteiger partial charge in [-0.05, 0) is 6.42 Å². The molecule has 98 valence electrons. The van der Waals surface area contributed by atoms with E-state index in [4.69, 9.17) is 15.9 Å². The van der Waals surface area contributed by atoms with Gasteiger partial charge in [0, 0.05) is 13.5 Å². The fourth-order valence-corrected chi connectivity index (χ4v) is 1.06. The van der Waals surface area contributed by atoms with Gasteiger partial charge in [0.25, 0.3) is 0 Å². The van der Waals surface area contributed by atoms with Crippen LogP contribution in [0.15, 0.2) is 0 Å². The van der Waals surface area contributed by atoms with Gasteiger partial charge < -0.3 is 26.0 Å². The fourth-order valence-electron chi connectivity index (χ4n) is 1.06. The van der Waals surface area contributed by atoms with Gasteiger partial charge in [0.2, 0.25) is 5.91 Å². The summed E-state index contributed by atoms with van der Waals surface area (Å²) in [6.45, 7) is -0.0445. The van der Waals surface area contributed by atoms with E-state index in [-0.39, 0.29) is 19.4 Å². The summed E-state index contributed by atoms with van der Waals surface area (Å²) in [6.07, 6.45) is -0.549. The van der Waals surface area contributed by atoms with Crippen molar-refractivity contribution in [3.05, 3.63) is 0 Å². The lowest BCUT2D eigenvalue weighted by Crippen LogP contribution is -2.50. The molecular formula is C9H16N2O6. The molecule has 0 heterocycles. The number of carboxylic acids is 2. The number of hydrogen-bond donors (Lipinski definition) is 4. The highest BCUT2D eigenvalue weighted by molar-refractivity contribution is 5.87. The van der Waals surface area contributed by atoms with Gasteiger partial charge in [-0.15, -0.1) is 0 Å². The molecule has 5 N–H and O–H groups in total. The molecule has 0 unspecified atom stereocenters. The number of rotatable bonds is 8. The van der Waals surface area contributed by atoms with Gasteiger partial charge in [0.15, 0.2) is 0 Å². The van der Waals surface area contributed by atoms with Gasteiger partial charge in [-0.1, -0.05) is 0 Å². The second-order valence-electron chi connectivity index (χ2n) is 3.39. The quantitative estimate of drug-likeness (QED) is 0.405. The molecule has 0 aromatic rings. The van der Waals surface area contributed by atoms with E-state index in [0.29, 0.717) is 0 Å². The molecule has 0 spiro atoms. The van der Waals surface area contributed by atoms with Crippen LogP contribution in [0.4, 0.5) is 0 Å². The zero-order valence-electron chi connectivity index (χ0n) is 9.38. The summed E-state index contributed by atoms with van der Waals surface area (Å²) in [6, 6.07) is -2.24. The van der Waals surface area contributed by atoms with Crippen molar-refractivity contribution in [3.63, 3.8) is 0 Å². The zero-order valence-corrected chi connectivity index (χ0v) is 9.38. The minimum atomic E-state index is -1.30. The topological polar surface area (TPSA) is 139 Å². The molecule has 0 aliphatic rings. The van der Waals surface area contributed by atoms with E-state index < -0.39 is 29.9 Å². The van der Waals surface area contributed by atoms with E-state index >= 15 is 0 Å². The summed E-state index contributed by atoms with van der Waals surface area (Å²) < 4.78 is 4.64. The second kappa shape index (κ2) is 7.58. The summed E-state index contributed by atoms with van der Waals surface area (Å²) in [4.78, 5) is 32.4. The Labute approximate surface area is 97.7 Å². The molecule has 1 amide bonds. The summed E-state index contributed by atoms with van der Waals surface area (Å²) >= 11 is 0. The number of carbonyl (C=O) groups is 3. The molecule has 0 aliphatic heterocycles. The SMILES string of the molecule is COC[C@H](N)C(=O)N[C@@H](CCC(=O)O)C(=O)O. The lowest BCUT2D eigenvalue weighted by atomic mass is 10.1. The van der Waals surface area contributed by atoms with E-state index in [2.05, 4.69) is 10.1 Å². The van der Waals surface area contributed by atoms with Crippen molar-refractivity contribution >= 4 is 17.8 Å². The van der Waals surface area contributed by atoms with E-state index in [1.165, 1.54) is 7.11 Å². The fraction of sp³-hybridized carbons (Fsp3) is 0.667. The van der Waals surface area contributed by atoms with Crippen LogP contribution in [0.1, 0.15) is 12.8 Å². The lowest BCUT2D eigenvalue weighted by Gasteiger charge is -2.16. The summed E-state index contributed by atoms with van der Waals surface area (Å²) in [5, 5.41) is 19.3. The Kier molecular flexibility index (Phi) is 6.83. The molecule has 0 aliphatic carbocycles. The predicted octanol–water partition coefficient (Wildman–Crippen LogP) is -1.61. The highest BCUT2D eigenvalue weighted by Gasteiger charge is 2.23. The number of carboxylic acid groups (broad SMARTS) is 2. The molecule has 17 heavy (non-hydrogen) atoms. The van der Waals surface area contributed by atoms with Gasteiger partial charge in [-0.3, -0.25) is 9.59 Å². The number of methoxy groups -OCH3 is 1. The number of amides is 1. The van der Waals surface area contributed by atoms with Crippen LogP contribution in [-0.4, -0.2) is 53.9 Å². The molecule has 0 aromatic carbocycles. The maximum absolute atomic E-state index is 11.4. The van der Waals surface area contributed by atoms with Crippen molar-refractivity contribution in [2.24, 2.45) is 5.73 Å². The number of hydrogen-bond acceptors (Lipinski definition) is 5. The Balaban J connectivity index is 4.29. The van der Waals surface area contributed by atoms with Gasteiger partial charge >= 0.3 is 11.9 Å². The van der Waals surface area contributed by atoms with E-state index in [9.17, 15) is 14.4 Å². The van der Waals surface area contributed by atoms with Crippen molar-refractivity contribution in [1.82, 2.24) is 5.32 Å². The van der Waals surface area contributed by atoms with E-state index in [1.54, 1.807) is 0 Å². The molecule has 0 rings (SSSR count). The Morgan fingerprint density at radius 3 is 2.35 bits per heavy atom. The molecule has 0 radical (unpaired) electrons. The van der Waals surface area contributed by atoms with Crippen LogP contribution in [0.25, 0.3) is 0 Å². The first-order valence-electron chi connectivity index (χ1n) is 4.88. The molecule has 0 fully saturated rings. The largest absolute Gasteiger partial charge is 0.481 e. The standard InChI is InChI=1S/C9H16N2O6/c1-17-4-5(10)8(14)11-6(9(15)16)2-3-7(12)13/h5-6H,2-4,10H2,1H3,(H,11,14)(H,12,13)(H,15,16)/t5-,6-/m0/s1. The second-order valence-corrected chi connectivity index (χ2v) is 3.39. The minimum absolute atomic E-state index is 0.0445. The van der Waals surface area contributed by atoms with Crippen molar-refractivity contribution in [2.75, 3.05) is 13.7 Å². The van der Waals surface area contributed by atoms with Gasteiger partial charge in [0.05, 0.1) is 6.61 Å². The number of carbonyl (C=O) groups excluding carboxylic acids is 1. The van der Waals surface area contributed by atoms with Gasteiger partial charge in [-0.25, -0.2) is 4.79 Å². The first-order valence-corrected chi connectivity index (χ1v) is 4.88. The Morgan fingerprint density at radius 1 is 1.35 bits per heavy atom. The van der Waals surface area contributed by atoms with Gasteiger partial charge in [-0.2, -0.15) is 0 Å². The highest BCUT2D eigenvalue weighted by Crippen LogP contribution is 1.98. The molecule has 0 aromatic heterocycles. The Hall–Kier alpha value is -1.67. The van der Waals surface area contributed by atoms with Crippen LogP contribution in [-0.2, 0) is 19.1 Å². The minimum Gasteiger partial charge on any atom is -0.481 e. The molecule has 0 bridgehead atoms. The van der Waals surface area contributed by atoms with Crippen LogP contribution in [0.5, 0.6) is 0 Å².